The lowest BCUT2D eigenvalue weighted by Crippen LogP contribution is -2.30. The van der Waals surface area contributed by atoms with Crippen molar-refractivity contribution in [1.29, 1.82) is 0 Å². The zero-order chi connectivity index (χ0) is 52.2. The van der Waals surface area contributed by atoms with Crippen LogP contribution in [0.1, 0.15) is 323 Å². The quantitative estimate of drug-likeness (QED) is 0.0261. The fourth-order valence-corrected chi connectivity index (χ4v) is 9.08. The summed E-state index contributed by atoms with van der Waals surface area (Å²) < 4.78 is 16.9. The average Bonchev–Trinajstić information content (AvgIpc) is 3.38. The summed E-state index contributed by atoms with van der Waals surface area (Å²) in [6.07, 6.45) is 76.6. The van der Waals surface area contributed by atoms with E-state index in [0.717, 1.165) is 89.9 Å². The standard InChI is InChI=1S/C66H118O6/c1-4-7-10-13-16-19-22-25-27-29-31-33-35-36-38-41-44-47-50-53-56-59-65(68)71-62-63(61-70-64(67)58-55-52-49-46-43-40-24-21-18-15-12-9-6-3)72-66(69)60-57-54-51-48-45-42-39-37-34-32-30-28-26-23-20-17-14-11-8-5-2/h9,12,18,21-22,25,29,31,40,43,63H,4-8,10-11,13-17,19-20,23-24,26-28,30,32-39,41-42,44-62H2,1-3H3/b12-9-,21-18-,25-22-,31-29-,43-40-. The molecule has 0 radical (unpaired) electrons. The molecule has 0 aliphatic heterocycles. The third-order valence-corrected chi connectivity index (χ3v) is 13.8. The smallest absolute Gasteiger partial charge is 0.306 e. The van der Waals surface area contributed by atoms with Crippen molar-refractivity contribution in [3.8, 4) is 0 Å². The van der Waals surface area contributed by atoms with E-state index in [0.29, 0.717) is 19.3 Å². The molecule has 0 heterocycles. The van der Waals surface area contributed by atoms with Crippen molar-refractivity contribution in [3.63, 3.8) is 0 Å². The first kappa shape index (κ1) is 69.1. The Morgan fingerprint density at radius 3 is 0.861 bits per heavy atom. The monoisotopic (exact) mass is 1010 g/mol. The van der Waals surface area contributed by atoms with Crippen molar-refractivity contribution in [3.05, 3.63) is 60.8 Å². The number of rotatable bonds is 57. The van der Waals surface area contributed by atoms with Gasteiger partial charge in [0.2, 0.25) is 0 Å². The van der Waals surface area contributed by atoms with E-state index in [-0.39, 0.29) is 31.1 Å². The zero-order valence-electron chi connectivity index (χ0n) is 47.9. The van der Waals surface area contributed by atoms with Gasteiger partial charge >= 0.3 is 17.9 Å². The predicted octanol–water partition coefficient (Wildman–Crippen LogP) is 21.2. The summed E-state index contributed by atoms with van der Waals surface area (Å²) in [6.45, 7) is 6.53. The number of carbonyl (C=O) groups is 3. The third-order valence-electron chi connectivity index (χ3n) is 13.8. The minimum Gasteiger partial charge on any atom is -0.462 e. The molecule has 0 aromatic heterocycles. The van der Waals surface area contributed by atoms with Crippen LogP contribution < -0.4 is 0 Å². The van der Waals surface area contributed by atoms with Gasteiger partial charge in [0, 0.05) is 19.3 Å². The minimum atomic E-state index is -0.787. The second-order valence-corrected chi connectivity index (χ2v) is 20.9. The molecular weight excluding hydrogens is 889 g/mol. The van der Waals surface area contributed by atoms with E-state index in [1.807, 2.05) is 0 Å². The summed E-state index contributed by atoms with van der Waals surface area (Å²) in [7, 11) is 0. The maximum absolute atomic E-state index is 12.9. The number of unbranched alkanes of at least 4 members (excludes halogenated alkanes) is 36. The van der Waals surface area contributed by atoms with E-state index in [9.17, 15) is 14.4 Å². The SMILES string of the molecule is CC/C=C\C/C=C\C/C=C\CCCCCC(=O)OCC(COC(=O)CCCCCCCCCCC/C=C\C/C=C\CCCCCCC)OC(=O)CCCCCCCCCCCCCCCCCCCCCC. The maximum Gasteiger partial charge on any atom is 0.306 e. The van der Waals surface area contributed by atoms with Gasteiger partial charge in [0.15, 0.2) is 6.10 Å². The van der Waals surface area contributed by atoms with Gasteiger partial charge in [-0.05, 0) is 83.5 Å². The van der Waals surface area contributed by atoms with E-state index in [4.69, 9.17) is 14.2 Å². The molecule has 6 heteroatoms. The lowest BCUT2D eigenvalue weighted by Gasteiger charge is -2.18. The largest absolute Gasteiger partial charge is 0.462 e. The molecule has 0 aliphatic rings. The molecule has 0 aromatic rings. The van der Waals surface area contributed by atoms with E-state index >= 15 is 0 Å². The van der Waals surface area contributed by atoms with Gasteiger partial charge in [-0.25, -0.2) is 0 Å². The van der Waals surface area contributed by atoms with Crippen LogP contribution in [-0.4, -0.2) is 37.2 Å². The summed E-state index contributed by atoms with van der Waals surface area (Å²) in [5, 5.41) is 0. The Balaban J connectivity index is 4.33. The molecule has 0 bridgehead atoms. The Hall–Kier alpha value is -2.89. The van der Waals surface area contributed by atoms with Crippen molar-refractivity contribution in [1.82, 2.24) is 0 Å². The molecule has 0 saturated carbocycles. The van der Waals surface area contributed by atoms with Crippen molar-refractivity contribution < 1.29 is 28.6 Å². The Kier molecular flexibility index (Phi) is 58.2. The van der Waals surface area contributed by atoms with Crippen LogP contribution in [-0.2, 0) is 28.6 Å². The molecule has 0 aromatic carbocycles. The Morgan fingerprint density at radius 1 is 0.292 bits per heavy atom. The van der Waals surface area contributed by atoms with Gasteiger partial charge in [-0.15, -0.1) is 0 Å². The molecule has 72 heavy (non-hydrogen) atoms. The fourth-order valence-electron chi connectivity index (χ4n) is 9.08. The van der Waals surface area contributed by atoms with E-state index in [1.54, 1.807) is 0 Å². The van der Waals surface area contributed by atoms with Crippen molar-refractivity contribution >= 4 is 17.9 Å². The zero-order valence-corrected chi connectivity index (χ0v) is 47.9. The first-order valence-corrected chi connectivity index (χ1v) is 31.3. The molecule has 0 amide bonds. The molecule has 6 nitrogen and oxygen atoms in total. The molecule has 0 saturated heterocycles. The third kappa shape index (κ3) is 58.0. The summed E-state index contributed by atoms with van der Waals surface area (Å²) in [5.41, 5.74) is 0. The Labute approximate surface area is 447 Å². The van der Waals surface area contributed by atoms with E-state index in [2.05, 4.69) is 81.5 Å². The van der Waals surface area contributed by atoms with E-state index in [1.165, 1.54) is 193 Å². The highest BCUT2D eigenvalue weighted by Crippen LogP contribution is 2.17. The highest BCUT2D eigenvalue weighted by Gasteiger charge is 2.19. The number of allylic oxidation sites excluding steroid dienone is 10. The van der Waals surface area contributed by atoms with Crippen molar-refractivity contribution in [2.75, 3.05) is 13.2 Å². The van der Waals surface area contributed by atoms with Gasteiger partial charge in [-0.2, -0.15) is 0 Å². The molecule has 1 unspecified atom stereocenters. The number of hydrogen-bond acceptors (Lipinski definition) is 6. The Morgan fingerprint density at radius 2 is 0.542 bits per heavy atom. The second-order valence-electron chi connectivity index (χ2n) is 20.9. The molecule has 418 valence electrons. The predicted molar refractivity (Wildman–Crippen MR) is 312 cm³/mol. The van der Waals surface area contributed by atoms with Crippen LogP contribution in [0.2, 0.25) is 0 Å². The van der Waals surface area contributed by atoms with Gasteiger partial charge < -0.3 is 14.2 Å². The van der Waals surface area contributed by atoms with Gasteiger partial charge in [0.1, 0.15) is 13.2 Å². The summed E-state index contributed by atoms with van der Waals surface area (Å²) in [4.78, 5) is 38.2. The molecule has 0 N–H and O–H groups in total. The number of hydrogen-bond donors (Lipinski definition) is 0. The average molecular weight is 1010 g/mol. The Bertz CT molecular complexity index is 1290. The summed E-state index contributed by atoms with van der Waals surface area (Å²) in [6, 6.07) is 0. The van der Waals surface area contributed by atoms with Gasteiger partial charge in [-0.1, -0.05) is 281 Å². The van der Waals surface area contributed by atoms with Crippen LogP contribution in [0.4, 0.5) is 0 Å². The molecular formula is C66H118O6. The number of ether oxygens (including phenoxy) is 3. The van der Waals surface area contributed by atoms with Gasteiger partial charge in [0.25, 0.3) is 0 Å². The summed E-state index contributed by atoms with van der Waals surface area (Å²) in [5.74, 6) is -0.900. The molecule has 0 fully saturated rings. The topological polar surface area (TPSA) is 78.9 Å². The number of carbonyl (C=O) groups excluding carboxylic acids is 3. The number of esters is 3. The lowest BCUT2D eigenvalue weighted by atomic mass is 10.0. The van der Waals surface area contributed by atoms with Crippen molar-refractivity contribution in [2.45, 2.75) is 329 Å². The van der Waals surface area contributed by atoms with Crippen LogP contribution in [0.5, 0.6) is 0 Å². The second kappa shape index (κ2) is 60.7. The maximum atomic E-state index is 12.9. The van der Waals surface area contributed by atoms with Crippen LogP contribution in [0, 0.1) is 0 Å². The molecule has 1 atom stereocenters. The van der Waals surface area contributed by atoms with Crippen LogP contribution in [0.15, 0.2) is 60.8 Å². The molecule has 0 aliphatic carbocycles. The first-order chi connectivity index (χ1) is 35.5. The lowest BCUT2D eigenvalue weighted by molar-refractivity contribution is -0.167. The van der Waals surface area contributed by atoms with Crippen molar-refractivity contribution in [2.24, 2.45) is 0 Å². The first-order valence-electron chi connectivity index (χ1n) is 31.3. The molecule has 0 rings (SSSR count). The van der Waals surface area contributed by atoms with E-state index < -0.39 is 6.10 Å². The highest BCUT2D eigenvalue weighted by molar-refractivity contribution is 5.71. The van der Waals surface area contributed by atoms with Gasteiger partial charge in [0.05, 0.1) is 0 Å². The van der Waals surface area contributed by atoms with Crippen LogP contribution in [0.3, 0.4) is 0 Å². The highest BCUT2D eigenvalue weighted by atomic mass is 16.6. The summed E-state index contributed by atoms with van der Waals surface area (Å²) >= 11 is 0. The van der Waals surface area contributed by atoms with Crippen LogP contribution in [0.25, 0.3) is 0 Å². The molecule has 0 spiro atoms. The normalized spacial score (nSPS) is 12.4. The van der Waals surface area contributed by atoms with Crippen LogP contribution >= 0.6 is 0 Å². The minimum absolute atomic E-state index is 0.0832. The fraction of sp³-hybridized carbons (Fsp3) is 0.803. The van der Waals surface area contributed by atoms with Gasteiger partial charge in [-0.3, -0.25) is 14.4 Å².